The number of carbonyl (C=O) groups excluding carboxylic acids is 1. The third kappa shape index (κ3) is 5.48. The number of hydrogen-bond donors (Lipinski definition) is 1. The zero-order valence-electron chi connectivity index (χ0n) is 10.9. The SMILES string of the molecule is CCCN(CCCN)CC(=O)N1CCOCC1. The first-order valence-electron chi connectivity index (χ1n) is 6.56. The highest BCUT2D eigenvalue weighted by atomic mass is 16.5. The van der Waals surface area contributed by atoms with Gasteiger partial charge in [-0.2, -0.15) is 0 Å². The topological polar surface area (TPSA) is 58.8 Å². The van der Waals surface area contributed by atoms with Crippen LogP contribution in [0, 0.1) is 0 Å². The molecule has 0 saturated carbocycles. The smallest absolute Gasteiger partial charge is 0.236 e. The van der Waals surface area contributed by atoms with E-state index >= 15 is 0 Å². The number of nitrogens with zero attached hydrogens (tertiary/aromatic N) is 2. The van der Waals surface area contributed by atoms with Crippen molar-refractivity contribution >= 4 is 5.91 Å². The van der Waals surface area contributed by atoms with Crippen molar-refractivity contribution in [3.63, 3.8) is 0 Å². The molecule has 0 atom stereocenters. The minimum absolute atomic E-state index is 0.221. The summed E-state index contributed by atoms with van der Waals surface area (Å²) in [6, 6.07) is 0. The van der Waals surface area contributed by atoms with Crippen molar-refractivity contribution in [3.05, 3.63) is 0 Å². The molecule has 1 aliphatic rings. The van der Waals surface area contributed by atoms with E-state index < -0.39 is 0 Å². The molecular formula is C12H25N3O2. The average molecular weight is 243 g/mol. The van der Waals surface area contributed by atoms with Crippen LogP contribution in [0.15, 0.2) is 0 Å². The van der Waals surface area contributed by atoms with Crippen LogP contribution in [0.2, 0.25) is 0 Å². The van der Waals surface area contributed by atoms with E-state index in [-0.39, 0.29) is 5.91 Å². The zero-order chi connectivity index (χ0) is 12.5. The van der Waals surface area contributed by atoms with Gasteiger partial charge in [-0.1, -0.05) is 6.92 Å². The molecule has 17 heavy (non-hydrogen) atoms. The van der Waals surface area contributed by atoms with Crippen molar-refractivity contribution in [2.24, 2.45) is 5.73 Å². The fourth-order valence-corrected chi connectivity index (χ4v) is 2.01. The summed E-state index contributed by atoms with van der Waals surface area (Å²) in [5, 5.41) is 0. The molecule has 100 valence electrons. The van der Waals surface area contributed by atoms with Crippen molar-refractivity contribution in [2.75, 3.05) is 52.5 Å². The van der Waals surface area contributed by atoms with Gasteiger partial charge in [0.1, 0.15) is 0 Å². The van der Waals surface area contributed by atoms with Crippen LogP contribution >= 0.6 is 0 Å². The van der Waals surface area contributed by atoms with Gasteiger partial charge in [0.2, 0.25) is 5.91 Å². The Morgan fingerprint density at radius 1 is 1.35 bits per heavy atom. The lowest BCUT2D eigenvalue weighted by atomic mass is 10.3. The van der Waals surface area contributed by atoms with Crippen LogP contribution in [0.25, 0.3) is 0 Å². The fourth-order valence-electron chi connectivity index (χ4n) is 2.01. The van der Waals surface area contributed by atoms with Crippen LogP contribution in [-0.4, -0.2) is 68.2 Å². The Hall–Kier alpha value is -0.650. The van der Waals surface area contributed by atoms with E-state index in [4.69, 9.17) is 10.5 Å². The van der Waals surface area contributed by atoms with E-state index in [9.17, 15) is 4.79 Å². The molecule has 1 rings (SSSR count). The number of morpholine rings is 1. The average Bonchev–Trinajstić information content (AvgIpc) is 2.37. The minimum atomic E-state index is 0.221. The number of nitrogens with two attached hydrogens (primary N) is 1. The molecule has 0 bridgehead atoms. The molecule has 0 aromatic heterocycles. The summed E-state index contributed by atoms with van der Waals surface area (Å²) in [6.07, 6.45) is 2.03. The molecule has 1 saturated heterocycles. The summed E-state index contributed by atoms with van der Waals surface area (Å²) in [7, 11) is 0. The fraction of sp³-hybridized carbons (Fsp3) is 0.917. The van der Waals surface area contributed by atoms with Gasteiger partial charge in [-0.15, -0.1) is 0 Å². The van der Waals surface area contributed by atoms with E-state index in [1.165, 1.54) is 0 Å². The standard InChI is InChI=1S/C12H25N3O2/c1-2-5-14(6-3-4-13)11-12(16)15-7-9-17-10-8-15/h2-11,13H2,1H3. The van der Waals surface area contributed by atoms with E-state index in [1.807, 2.05) is 4.90 Å². The molecule has 0 radical (unpaired) electrons. The molecule has 0 aromatic carbocycles. The summed E-state index contributed by atoms with van der Waals surface area (Å²) in [6.45, 7) is 8.03. The van der Waals surface area contributed by atoms with Gasteiger partial charge in [-0.05, 0) is 32.5 Å². The molecule has 1 aliphatic heterocycles. The summed E-state index contributed by atoms with van der Waals surface area (Å²) >= 11 is 0. The third-order valence-electron chi connectivity index (χ3n) is 2.94. The Kier molecular flexibility index (Phi) is 7.16. The number of hydrogen-bond acceptors (Lipinski definition) is 4. The molecule has 0 unspecified atom stereocenters. The van der Waals surface area contributed by atoms with Gasteiger partial charge in [0, 0.05) is 13.1 Å². The molecule has 1 fully saturated rings. The Labute approximate surface area is 104 Å². The second-order valence-corrected chi connectivity index (χ2v) is 4.41. The van der Waals surface area contributed by atoms with Gasteiger partial charge in [0.15, 0.2) is 0 Å². The normalized spacial score (nSPS) is 16.5. The molecule has 1 heterocycles. The maximum absolute atomic E-state index is 12.0. The number of rotatable bonds is 7. The van der Waals surface area contributed by atoms with Crippen molar-refractivity contribution in [3.8, 4) is 0 Å². The molecule has 5 heteroatoms. The Morgan fingerprint density at radius 3 is 2.65 bits per heavy atom. The largest absolute Gasteiger partial charge is 0.378 e. The van der Waals surface area contributed by atoms with Crippen molar-refractivity contribution < 1.29 is 9.53 Å². The van der Waals surface area contributed by atoms with Crippen LogP contribution in [0.4, 0.5) is 0 Å². The molecule has 1 amide bonds. The molecule has 0 spiro atoms. The first kappa shape index (κ1) is 14.4. The number of amides is 1. The minimum Gasteiger partial charge on any atom is -0.378 e. The van der Waals surface area contributed by atoms with Gasteiger partial charge >= 0.3 is 0 Å². The third-order valence-corrected chi connectivity index (χ3v) is 2.94. The highest BCUT2D eigenvalue weighted by molar-refractivity contribution is 5.78. The molecule has 0 aliphatic carbocycles. The van der Waals surface area contributed by atoms with Gasteiger partial charge in [-0.25, -0.2) is 0 Å². The van der Waals surface area contributed by atoms with Crippen LogP contribution in [0.5, 0.6) is 0 Å². The van der Waals surface area contributed by atoms with E-state index in [2.05, 4.69) is 11.8 Å². The van der Waals surface area contributed by atoms with E-state index in [1.54, 1.807) is 0 Å². The summed E-state index contributed by atoms with van der Waals surface area (Å²) in [4.78, 5) is 16.1. The highest BCUT2D eigenvalue weighted by Gasteiger charge is 2.18. The second-order valence-electron chi connectivity index (χ2n) is 4.41. The van der Waals surface area contributed by atoms with Crippen LogP contribution in [-0.2, 0) is 9.53 Å². The summed E-state index contributed by atoms with van der Waals surface area (Å²) in [5.41, 5.74) is 5.51. The molecule has 0 aromatic rings. The zero-order valence-corrected chi connectivity index (χ0v) is 10.9. The maximum atomic E-state index is 12.0. The second kappa shape index (κ2) is 8.44. The molecular weight excluding hydrogens is 218 g/mol. The molecule has 5 nitrogen and oxygen atoms in total. The maximum Gasteiger partial charge on any atom is 0.236 e. The quantitative estimate of drug-likeness (QED) is 0.679. The number of carbonyl (C=O) groups is 1. The molecule has 2 N–H and O–H groups in total. The first-order valence-corrected chi connectivity index (χ1v) is 6.56. The van der Waals surface area contributed by atoms with Crippen molar-refractivity contribution in [2.45, 2.75) is 19.8 Å². The van der Waals surface area contributed by atoms with Crippen LogP contribution < -0.4 is 5.73 Å². The van der Waals surface area contributed by atoms with Crippen LogP contribution in [0.3, 0.4) is 0 Å². The predicted molar refractivity (Wildman–Crippen MR) is 67.8 cm³/mol. The van der Waals surface area contributed by atoms with Gasteiger partial charge in [-0.3, -0.25) is 9.69 Å². The number of ether oxygens (including phenoxy) is 1. The lowest BCUT2D eigenvalue weighted by Gasteiger charge is -2.29. The van der Waals surface area contributed by atoms with Gasteiger partial charge in [0.25, 0.3) is 0 Å². The van der Waals surface area contributed by atoms with Gasteiger partial charge < -0.3 is 15.4 Å². The van der Waals surface area contributed by atoms with E-state index in [0.29, 0.717) is 26.3 Å². The Morgan fingerprint density at radius 2 is 2.06 bits per heavy atom. The first-order chi connectivity index (χ1) is 8.27. The van der Waals surface area contributed by atoms with Gasteiger partial charge in [0.05, 0.1) is 19.8 Å². The van der Waals surface area contributed by atoms with Crippen molar-refractivity contribution in [1.29, 1.82) is 0 Å². The van der Waals surface area contributed by atoms with Crippen LogP contribution in [0.1, 0.15) is 19.8 Å². The predicted octanol–water partition coefficient (Wildman–Crippen LogP) is -0.0940. The highest BCUT2D eigenvalue weighted by Crippen LogP contribution is 2.01. The summed E-state index contributed by atoms with van der Waals surface area (Å²) in [5.74, 6) is 0.221. The Bertz CT molecular complexity index is 218. The van der Waals surface area contributed by atoms with E-state index in [0.717, 1.165) is 39.0 Å². The van der Waals surface area contributed by atoms with Crippen molar-refractivity contribution in [1.82, 2.24) is 9.80 Å². The lowest BCUT2D eigenvalue weighted by Crippen LogP contribution is -2.46. The summed E-state index contributed by atoms with van der Waals surface area (Å²) < 4.78 is 5.24. The monoisotopic (exact) mass is 243 g/mol. The lowest BCUT2D eigenvalue weighted by molar-refractivity contribution is -0.136. The Balaban J connectivity index is 2.33.